The second-order valence-electron chi connectivity index (χ2n) is 9.13. The van der Waals surface area contributed by atoms with Crippen LogP contribution in [0.4, 0.5) is 4.39 Å². The lowest BCUT2D eigenvalue weighted by Gasteiger charge is -2.43. The van der Waals surface area contributed by atoms with E-state index in [1.807, 2.05) is 4.90 Å². The van der Waals surface area contributed by atoms with E-state index in [1.54, 1.807) is 12.1 Å². The van der Waals surface area contributed by atoms with E-state index in [2.05, 4.69) is 24.1 Å². The highest BCUT2D eigenvalue weighted by Gasteiger charge is 2.57. The lowest BCUT2D eigenvalue weighted by atomic mass is 9.75. The molecule has 29 heavy (non-hydrogen) atoms. The van der Waals surface area contributed by atoms with Gasteiger partial charge in [-0.3, -0.25) is 14.5 Å². The van der Waals surface area contributed by atoms with Gasteiger partial charge >= 0.3 is 0 Å². The van der Waals surface area contributed by atoms with Gasteiger partial charge in [-0.15, -0.1) is 0 Å². The molecular weight excluding hydrogens is 369 g/mol. The Labute approximate surface area is 172 Å². The number of amides is 2. The second-order valence-corrected chi connectivity index (χ2v) is 9.13. The molecule has 2 amide bonds. The van der Waals surface area contributed by atoms with Crippen LogP contribution in [0.25, 0.3) is 0 Å². The van der Waals surface area contributed by atoms with Crippen LogP contribution in [-0.2, 0) is 16.0 Å². The third kappa shape index (κ3) is 3.91. The van der Waals surface area contributed by atoms with Crippen molar-refractivity contribution in [2.45, 2.75) is 57.5 Å². The first-order valence-corrected chi connectivity index (χ1v) is 11.0. The van der Waals surface area contributed by atoms with Gasteiger partial charge in [0.25, 0.3) is 0 Å². The number of likely N-dealkylation sites (tertiary alicyclic amines) is 2. The lowest BCUT2D eigenvalue weighted by molar-refractivity contribution is -0.132. The molecule has 0 saturated carbocycles. The molecule has 158 valence electrons. The molecule has 1 aromatic rings. The number of hydrogen-bond donors (Lipinski definition) is 1. The van der Waals surface area contributed by atoms with Crippen LogP contribution in [0, 0.1) is 17.7 Å². The largest absolute Gasteiger partial charge is 0.350 e. The zero-order chi connectivity index (χ0) is 20.6. The van der Waals surface area contributed by atoms with Crippen LogP contribution in [0.15, 0.2) is 24.3 Å². The van der Waals surface area contributed by atoms with Crippen molar-refractivity contribution in [1.29, 1.82) is 0 Å². The van der Waals surface area contributed by atoms with Crippen molar-refractivity contribution in [2.75, 3.05) is 26.2 Å². The molecule has 3 saturated heterocycles. The highest BCUT2D eigenvalue weighted by atomic mass is 19.1. The minimum Gasteiger partial charge on any atom is -0.350 e. The Hall–Kier alpha value is -1.95. The first-order valence-electron chi connectivity index (χ1n) is 11.0. The van der Waals surface area contributed by atoms with Crippen molar-refractivity contribution in [3.8, 4) is 0 Å². The molecule has 3 atom stereocenters. The monoisotopic (exact) mass is 401 g/mol. The number of carbonyl (C=O) groups excluding carboxylic acids is 2. The number of halogens is 1. The summed E-state index contributed by atoms with van der Waals surface area (Å²) in [5, 5.41) is 3.33. The topological polar surface area (TPSA) is 52.7 Å². The van der Waals surface area contributed by atoms with Crippen molar-refractivity contribution < 1.29 is 14.0 Å². The summed E-state index contributed by atoms with van der Waals surface area (Å²) < 4.78 is 13.1. The summed E-state index contributed by atoms with van der Waals surface area (Å²) in [4.78, 5) is 29.8. The molecule has 3 heterocycles. The molecule has 3 fully saturated rings. The zero-order valence-electron chi connectivity index (χ0n) is 17.5. The molecule has 3 aliphatic rings. The predicted molar refractivity (Wildman–Crippen MR) is 110 cm³/mol. The first kappa shape index (κ1) is 20.3. The normalized spacial score (nSPS) is 27.1. The van der Waals surface area contributed by atoms with Crippen LogP contribution in [0.2, 0.25) is 0 Å². The number of hydrogen-bond acceptors (Lipinski definition) is 3. The molecule has 1 N–H and O–H groups in total. The Bertz CT molecular complexity index is 758. The lowest BCUT2D eigenvalue weighted by Crippen LogP contribution is -2.56. The molecule has 4 rings (SSSR count). The van der Waals surface area contributed by atoms with E-state index < -0.39 is 0 Å². The molecule has 3 aliphatic heterocycles. The Morgan fingerprint density at radius 2 is 1.93 bits per heavy atom. The number of nitrogens with one attached hydrogen (secondary N) is 1. The van der Waals surface area contributed by atoms with E-state index in [1.165, 1.54) is 18.6 Å². The molecule has 0 unspecified atom stereocenters. The standard InChI is InChI=1S/C23H32FN3O2/c1-3-4-16(2)27-14-19-20(15-27)23(25-22(19)29)9-11-26(12-10-23)21(28)13-17-5-7-18(24)8-6-17/h5-8,16,19-20H,3-4,9-15H2,1-2H3,(H,25,29)/t16-,19-,20+/m1/s1. The van der Waals surface area contributed by atoms with Crippen molar-refractivity contribution in [3.63, 3.8) is 0 Å². The van der Waals surface area contributed by atoms with Crippen LogP contribution in [0.3, 0.4) is 0 Å². The van der Waals surface area contributed by atoms with Crippen molar-refractivity contribution in [1.82, 2.24) is 15.1 Å². The van der Waals surface area contributed by atoms with Gasteiger partial charge in [-0.2, -0.15) is 0 Å². The van der Waals surface area contributed by atoms with E-state index in [0.717, 1.165) is 37.9 Å². The van der Waals surface area contributed by atoms with Crippen LogP contribution in [0.5, 0.6) is 0 Å². The average Bonchev–Trinajstić information content (AvgIpc) is 3.25. The van der Waals surface area contributed by atoms with Crippen LogP contribution >= 0.6 is 0 Å². The first-order chi connectivity index (χ1) is 13.9. The maximum Gasteiger partial charge on any atom is 0.226 e. The average molecular weight is 402 g/mol. The fraction of sp³-hybridized carbons (Fsp3) is 0.652. The Balaban J connectivity index is 1.37. The van der Waals surface area contributed by atoms with Crippen LogP contribution in [0.1, 0.15) is 45.1 Å². The molecule has 0 aliphatic carbocycles. The smallest absolute Gasteiger partial charge is 0.226 e. The molecule has 1 spiro atoms. The fourth-order valence-electron chi connectivity index (χ4n) is 5.59. The number of nitrogens with zero attached hydrogens (tertiary/aromatic N) is 2. The van der Waals surface area contributed by atoms with E-state index >= 15 is 0 Å². The summed E-state index contributed by atoms with van der Waals surface area (Å²) in [5.41, 5.74) is 0.678. The van der Waals surface area contributed by atoms with Gasteiger partial charge in [-0.25, -0.2) is 4.39 Å². The molecule has 0 aromatic heterocycles. The molecule has 6 heteroatoms. The van der Waals surface area contributed by atoms with E-state index in [-0.39, 0.29) is 29.1 Å². The summed E-state index contributed by atoms with van der Waals surface area (Å²) >= 11 is 0. The van der Waals surface area contributed by atoms with Gasteiger partial charge in [0.1, 0.15) is 5.82 Å². The van der Waals surface area contributed by atoms with E-state index in [9.17, 15) is 14.0 Å². The summed E-state index contributed by atoms with van der Waals surface area (Å²) in [6.45, 7) is 7.68. The van der Waals surface area contributed by atoms with Gasteiger partial charge in [0.15, 0.2) is 0 Å². The minimum absolute atomic E-state index is 0.0805. The highest BCUT2D eigenvalue weighted by Crippen LogP contribution is 2.44. The second kappa shape index (κ2) is 8.05. The molecule has 5 nitrogen and oxygen atoms in total. The van der Waals surface area contributed by atoms with Gasteiger partial charge in [-0.1, -0.05) is 25.5 Å². The molecule has 0 bridgehead atoms. The van der Waals surface area contributed by atoms with Crippen molar-refractivity contribution in [3.05, 3.63) is 35.6 Å². The predicted octanol–water partition coefficient (Wildman–Crippen LogP) is 2.60. The summed E-state index contributed by atoms with van der Waals surface area (Å²) in [6, 6.07) is 6.66. The summed E-state index contributed by atoms with van der Waals surface area (Å²) in [6.07, 6.45) is 4.28. The highest BCUT2D eigenvalue weighted by molar-refractivity contribution is 5.84. The number of benzene rings is 1. The quantitative estimate of drug-likeness (QED) is 0.825. The summed E-state index contributed by atoms with van der Waals surface area (Å²) in [5.74, 6) is 0.440. The Morgan fingerprint density at radius 3 is 2.59 bits per heavy atom. The Morgan fingerprint density at radius 1 is 1.24 bits per heavy atom. The molecule has 0 radical (unpaired) electrons. The third-order valence-electron chi connectivity index (χ3n) is 7.37. The Kier molecular flexibility index (Phi) is 5.65. The maximum absolute atomic E-state index is 13.1. The molecular formula is C23H32FN3O2. The minimum atomic E-state index is -0.286. The van der Waals surface area contributed by atoms with E-state index in [0.29, 0.717) is 31.5 Å². The van der Waals surface area contributed by atoms with Gasteiger partial charge in [0, 0.05) is 43.7 Å². The van der Waals surface area contributed by atoms with Crippen LogP contribution in [-0.4, -0.2) is 59.4 Å². The molecule has 1 aromatic carbocycles. The van der Waals surface area contributed by atoms with Crippen molar-refractivity contribution >= 4 is 11.8 Å². The zero-order valence-corrected chi connectivity index (χ0v) is 17.5. The van der Waals surface area contributed by atoms with Gasteiger partial charge < -0.3 is 10.2 Å². The summed E-state index contributed by atoms with van der Waals surface area (Å²) in [7, 11) is 0. The fourth-order valence-corrected chi connectivity index (χ4v) is 5.59. The number of piperidine rings is 1. The van der Waals surface area contributed by atoms with Gasteiger partial charge in [0.05, 0.1) is 12.3 Å². The van der Waals surface area contributed by atoms with Crippen molar-refractivity contribution in [2.24, 2.45) is 11.8 Å². The number of fused-ring (bicyclic) bond motifs is 2. The maximum atomic E-state index is 13.1. The van der Waals surface area contributed by atoms with Gasteiger partial charge in [-0.05, 0) is 43.9 Å². The van der Waals surface area contributed by atoms with Gasteiger partial charge in [0.2, 0.25) is 11.8 Å². The SMILES string of the molecule is CCC[C@@H](C)N1C[C@H]2C(=O)NC3(CCN(C(=O)Cc4ccc(F)cc4)CC3)[C@H]2C1. The number of carbonyl (C=O) groups is 2. The third-order valence-corrected chi connectivity index (χ3v) is 7.37. The van der Waals surface area contributed by atoms with E-state index in [4.69, 9.17) is 0 Å². The van der Waals surface area contributed by atoms with Crippen LogP contribution < -0.4 is 5.32 Å². The number of rotatable bonds is 5.